The molecule has 1 aliphatic rings. The van der Waals surface area contributed by atoms with E-state index in [1.54, 1.807) is 6.26 Å². The molecule has 0 radical (unpaired) electrons. The van der Waals surface area contributed by atoms with E-state index < -0.39 is 0 Å². The van der Waals surface area contributed by atoms with E-state index in [1.165, 1.54) is 12.0 Å². The van der Waals surface area contributed by atoms with E-state index in [-0.39, 0.29) is 0 Å². The quantitative estimate of drug-likeness (QED) is 0.688. The Balaban J connectivity index is 2.11. The molecule has 2 heteroatoms. The van der Waals surface area contributed by atoms with Crippen LogP contribution >= 0.6 is 0 Å². The van der Waals surface area contributed by atoms with E-state index in [1.807, 2.05) is 6.26 Å². The Morgan fingerprint density at radius 3 is 3.17 bits per heavy atom. The zero-order chi connectivity index (χ0) is 8.39. The fourth-order valence-corrected chi connectivity index (χ4v) is 2.00. The molecule has 0 amide bonds. The molecule has 1 aromatic heterocycles. The van der Waals surface area contributed by atoms with Crippen molar-refractivity contribution in [1.29, 1.82) is 0 Å². The molecule has 2 nitrogen and oxygen atoms in total. The van der Waals surface area contributed by atoms with E-state index in [0.717, 1.165) is 19.0 Å². The lowest BCUT2D eigenvalue weighted by Crippen LogP contribution is -2.33. The van der Waals surface area contributed by atoms with Crippen LogP contribution in [0.3, 0.4) is 0 Å². The molecule has 1 aliphatic heterocycles. The first-order valence-electron chi connectivity index (χ1n) is 4.61. The number of piperidine rings is 1. The van der Waals surface area contributed by atoms with E-state index >= 15 is 0 Å². The van der Waals surface area contributed by atoms with E-state index in [2.05, 4.69) is 18.3 Å². The van der Waals surface area contributed by atoms with Crippen molar-refractivity contribution in [3.63, 3.8) is 0 Å². The van der Waals surface area contributed by atoms with Gasteiger partial charge in [-0.15, -0.1) is 0 Å². The molecular weight excluding hydrogens is 150 g/mol. The van der Waals surface area contributed by atoms with Gasteiger partial charge >= 0.3 is 0 Å². The summed E-state index contributed by atoms with van der Waals surface area (Å²) in [5, 5.41) is 3.40. The number of hydrogen-bond donors (Lipinski definition) is 1. The minimum Gasteiger partial charge on any atom is -0.472 e. The van der Waals surface area contributed by atoms with Crippen molar-refractivity contribution in [2.45, 2.75) is 19.3 Å². The third-order valence-corrected chi connectivity index (χ3v) is 2.76. The molecule has 2 heterocycles. The smallest absolute Gasteiger partial charge is 0.0937 e. The first-order valence-corrected chi connectivity index (χ1v) is 4.61. The van der Waals surface area contributed by atoms with Crippen LogP contribution in [0, 0.1) is 5.92 Å². The molecule has 0 spiro atoms. The molecule has 1 fully saturated rings. The third kappa shape index (κ3) is 1.39. The van der Waals surface area contributed by atoms with Crippen LogP contribution in [0.5, 0.6) is 0 Å². The Bertz CT molecular complexity index is 230. The third-order valence-electron chi connectivity index (χ3n) is 2.76. The first-order chi connectivity index (χ1) is 5.88. The predicted octanol–water partition coefficient (Wildman–Crippen LogP) is 1.99. The summed E-state index contributed by atoms with van der Waals surface area (Å²) in [6.07, 6.45) is 4.89. The maximum absolute atomic E-state index is 5.10. The summed E-state index contributed by atoms with van der Waals surface area (Å²) >= 11 is 0. The highest BCUT2D eigenvalue weighted by molar-refractivity contribution is 5.14. The predicted molar refractivity (Wildman–Crippen MR) is 48.1 cm³/mol. The summed E-state index contributed by atoms with van der Waals surface area (Å²) in [4.78, 5) is 0. The summed E-state index contributed by atoms with van der Waals surface area (Å²) < 4.78 is 5.10. The number of furan rings is 1. The second-order valence-electron chi connectivity index (χ2n) is 3.63. The fraction of sp³-hybridized carbons (Fsp3) is 0.600. The van der Waals surface area contributed by atoms with Gasteiger partial charge in [-0.05, 0) is 43.0 Å². The van der Waals surface area contributed by atoms with Gasteiger partial charge in [0, 0.05) is 0 Å². The van der Waals surface area contributed by atoms with Gasteiger partial charge in [0.15, 0.2) is 0 Å². The van der Waals surface area contributed by atoms with Crippen molar-refractivity contribution >= 4 is 0 Å². The minimum atomic E-state index is 0.699. The molecular formula is C10H15NO. The van der Waals surface area contributed by atoms with Gasteiger partial charge in [-0.3, -0.25) is 0 Å². The monoisotopic (exact) mass is 165 g/mol. The minimum absolute atomic E-state index is 0.699. The summed E-state index contributed by atoms with van der Waals surface area (Å²) in [6, 6.07) is 2.09. The lowest BCUT2D eigenvalue weighted by Gasteiger charge is -2.28. The maximum atomic E-state index is 5.10. The Morgan fingerprint density at radius 2 is 2.50 bits per heavy atom. The largest absolute Gasteiger partial charge is 0.472 e. The number of hydrogen-bond acceptors (Lipinski definition) is 2. The topological polar surface area (TPSA) is 25.2 Å². The van der Waals surface area contributed by atoms with Crippen LogP contribution in [0.4, 0.5) is 0 Å². The van der Waals surface area contributed by atoms with Gasteiger partial charge < -0.3 is 9.73 Å². The van der Waals surface area contributed by atoms with Gasteiger partial charge in [0.2, 0.25) is 0 Å². The highest BCUT2D eigenvalue weighted by Gasteiger charge is 2.22. The molecule has 1 aromatic rings. The molecule has 12 heavy (non-hydrogen) atoms. The van der Waals surface area contributed by atoms with Gasteiger partial charge in [-0.25, -0.2) is 0 Å². The molecule has 1 unspecified atom stereocenters. The van der Waals surface area contributed by atoms with Crippen LogP contribution < -0.4 is 5.32 Å². The molecule has 0 saturated carbocycles. The van der Waals surface area contributed by atoms with Crippen LogP contribution in [-0.4, -0.2) is 13.1 Å². The van der Waals surface area contributed by atoms with Gasteiger partial charge in [0.05, 0.1) is 12.5 Å². The summed E-state index contributed by atoms with van der Waals surface area (Å²) in [6.45, 7) is 4.57. The lowest BCUT2D eigenvalue weighted by molar-refractivity contribution is 0.347. The second-order valence-corrected chi connectivity index (χ2v) is 3.63. The Kier molecular flexibility index (Phi) is 2.17. The van der Waals surface area contributed by atoms with E-state index in [4.69, 9.17) is 4.42 Å². The van der Waals surface area contributed by atoms with Gasteiger partial charge in [-0.1, -0.05) is 6.92 Å². The molecule has 2 atom stereocenters. The van der Waals surface area contributed by atoms with Crippen molar-refractivity contribution in [2.75, 3.05) is 13.1 Å². The highest BCUT2D eigenvalue weighted by Crippen LogP contribution is 2.29. The van der Waals surface area contributed by atoms with E-state index in [0.29, 0.717) is 5.92 Å². The van der Waals surface area contributed by atoms with Crippen molar-refractivity contribution in [3.8, 4) is 0 Å². The first kappa shape index (κ1) is 7.87. The summed E-state index contributed by atoms with van der Waals surface area (Å²) in [5.41, 5.74) is 1.36. The van der Waals surface area contributed by atoms with Crippen molar-refractivity contribution in [2.24, 2.45) is 5.92 Å². The number of rotatable bonds is 1. The van der Waals surface area contributed by atoms with Crippen LogP contribution in [0.25, 0.3) is 0 Å². The van der Waals surface area contributed by atoms with Crippen molar-refractivity contribution in [1.82, 2.24) is 5.32 Å². The van der Waals surface area contributed by atoms with Gasteiger partial charge in [0.1, 0.15) is 0 Å². The Hall–Kier alpha value is -0.760. The molecule has 0 aromatic carbocycles. The molecule has 66 valence electrons. The van der Waals surface area contributed by atoms with Gasteiger partial charge in [0.25, 0.3) is 0 Å². The Morgan fingerprint density at radius 1 is 1.58 bits per heavy atom. The van der Waals surface area contributed by atoms with Crippen molar-refractivity contribution < 1.29 is 4.42 Å². The molecule has 2 rings (SSSR count). The average Bonchev–Trinajstić information content (AvgIpc) is 2.57. The maximum Gasteiger partial charge on any atom is 0.0937 e. The summed E-state index contributed by atoms with van der Waals surface area (Å²) in [7, 11) is 0. The van der Waals surface area contributed by atoms with Crippen LogP contribution in [0.1, 0.15) is 24.8 Å². The average molecular weight is 165 g/mol. The molecule has 0 aliphatic carbocycles. The molecule has 0 bridgehead atoms. The summed E-state index contributed by atoms with van der Waals surface area (Å²) in [5.74, 6) is 1.43. The van der Waals surface area contributed by atoms with Crippen LogP contribution in [-0.2, 0) is 0 Å². The van der Waals surface area contributed by atoms with Gasteiger partial charge in [-0.2, -0.15) is 0 Å². The zero-order valence-electron chi connectivity index (χ0n) is 7.42. The normalized spacial score (nSPS) is 30.4. The number of nitrogens with one attached hydrogen (secondary N) is 1. The second kappa shape index (κ2) is 3.31. The lowest BCUT2D eigenvalue weighted by atomic mass is 9.84. The highest BCUT2D eigenvalue weighted by atomic mass is 16.3. The van der Waals surface area contributed by atoms with E-state index in [9.17, 15) is 0 Å². The van der Waals surface area contributed by atoms with Crippen molar-refractivity contribution in [3.05, 3.63) is 24.2 Å². The standard InChI is InChI=1S/C10H15NO/c1-8-6-11-4-2-10(8)9-3-5-12-7-9/h3,5,7-8,10-11H,2,4,6H2,1H3/t8-,10?/m1/s1. The molecule has 1 saturated heterocycles. The van der Waals surface area contributed by atoms with Crippen LogP contribution in [0.15, 0.2) is 23.0 Å². The fourth-order valence-electron chi connectivity index (χ4n) is 2.00. The SMILES string of the molecule is C[C@@H]1CNCCC1c1ccoc1. The Labute approximate surface area is 73.0 Å². The molecule has 1 N–H and O–H groups in total. The van der Waals surface area contributed by atoms with Crippen LogP contribution in [0.2, 0.25) is 0 Å². The zero-order valence-corrected chi connectivity index (χ0v) is 7.42.